The number of aryl methyl sites for hydroxylation is 1. The fourth-order valence-corrected chi connectivity index (χ4v) is 3.14. The Morgan fingerprint density at radius 2 is 1.91 bits per heavy atom. The third-order valence-electron chi connectivity index (χ3n) is 3.93. The molecule has 1 aliphatic rings. The highest BCUT2D eigenvalue weighted by Crippen LogP contribution is 2.26. The molecule has 0 heterocycles. The van der Waals surface area contributed by atoms with Crippen LogP contribution in [0.15, 0.2) is 58.1 Å². The van der Waals surface area contributed by atoms with E-state index in [0.717, 1.165) is 28.8 Å². The molecule has 5 heteroatoms. The standard InChI is InChI=1S/C17H22N2O2S/c1-12(2)15-8-7-14(4)17(11-15)18-19-22(20,21)16-9-5-13(3)6-10-16/h5-7,9-10,15,19H,1,8,11H2,2-4H3/b18-17-/t15-/m0/s1. The summed E-state index contributed by atoms with van der Waals surface area (Å²) in [6.45, 7) is 9.84. The van der Waals surface area contributed by atoms with Crippen LogP contribution in [0.2, 0.25) is 0 Å². The van der Waals surface area contributed by atoms with E-state index in [1.54, 1.807) is 24.3 Å². The summed E-state index contributed by atoms with van der Waals surface area (Å²) in [5, 5.41) is 4.14. The molecule has 2 rings (SSSR count). The van der Waals surface area contributed by atoms with Crippen molar-refractivity contribution in [2.24, 2.45) is 11.0 Å². The number of sulfonamides is 1. The number of hydrogen-bond donors (Lipinski definition) is 1. The summed E-state index contributed by atoms with van der Waals surface area (Å²) in [6.07, 6.45) is 3.74. The maximum absolute atomic E-state index is 12.3. The largest absolute Gasteiger partial charge is 0.276 e. The summed E-state index contributed by atoms with van der Waals surface area (Å²) in [4.78, 5) is 2.56. The molecule has 0 bridgehead atoms. The minimum absolute atomic E-state index is 0.219. The zero-order valence-electron chi connectivity index (χ0n) is 13.3. The van der Waals surface area contributed by atoms with Crippen LogP contribution in [0.4, 0.5) is 0 Å². The normalized spacial score (nSPS) is 20.6. The van der Waals surface area contributed by atoms with Crippen LogP contribution in [0.1, 0.15) is 32.3 Å². The topological polar surface area (TPSA) is 58.5 Å². The second-order valence-electron chi connectivity index (χ2n) is 5.84. The van der Waals surface area contributed by atoms with Gasteiger partial charge in [-0.15, -0.1) is 0 Å². The van der Waals surface area contributed by atoms with E-state index >= 15 is 0 Å². The molecular formula is C17H22N2O2S. The van der Waals surface area contributed by atoms with Gasteiger partial charge in [0.25, 0.3) is 10.0 Å². The molecule has 0 saturated heterocycles. The first kappa shape index (κ1) is 16.5. The molecule has 0 aromatic heterocycles. The van der Waals surface area contributed by atoms with E-state index in [-0.39, 0.29) is 4.90 Å². The Kier molecular flexibility index (Phi) is 4.86. The van der Waals surface area contributed by atoms with Gasteiger partial charge in [-0.2, -0.15) is 18.4 Å². The summed E-state index contributed by atoms with van der Waals surface area (Å²) >= 11 is 0. The predicted molar refractivity (Wildman–Crippen MR) is 90.2 cm³/mol. The highest BCUT2D eigenvalue weighted by Gasteiger charge is 2.20. The Morgan fingerprint density at radius 1 is 1.27 bits per heavy atom. The lowest BCUT2D eigenvalue weighted by molar-refractivity contribution is 0.583. The van der Waals surface area contributed by atoms with E-state index in [2.05, 4.69) is 22.6 Å². The molecule has 0 unspecified atom stereocenters. The van der Waals surface area contributed by atoms with Gasteiger partial charge in [-0.3, -0.25) is 0 Å². The maximum atomic E-state index is 12.3. The molecule has 1 N–H and O–H groups in total. The van der Waals surface area contributed by atoms with Gasteiger partial charge in [0.2, 0.25) is 0 Å². The van der Waals surface area contributed by atoms with E-state index in [0.29, 0.717) is 12.3 Å². The van der Waals surface area contributed by atoms with Crippen molar-refractivity contribution in [3.8, 4) is 0 Å². The second-order valence-corrected chi connectivity index (χ2v) is 7.50. The molecule has 0 fully saturated rings. The molecule has 0 radical (unpaired) electrons. The molecule has 1 aliphatic carbocycles. The van der Waals surface area contributed by atoms with Gasteiger partial charge in [-0.05, 0) is 57.2 Å². The summed E-state index contributed by atoms with van der Waals surface area (Å²) in [7, 11) is -3.62. The van der Waals surface area contributed by atoms with Crippen molar-refractivity contribution in [1.29, 1.82) is 0 Å². The molecule has 4 nitrogen and oxygen atoms in total. The first-order valence-corrected chi connectivity index (χ1v) is 8.75. The van der Waals surface area contributed by atoms with Gasteiger partial charge < -0.3 is 0 Å². The maximum Gasteiger partial charge on any atom is 0.276 e. The molecule has 0 saturated carbocycles. The Labute approximate surface area is 132 Å². The molecule has 1 atom stereocenters. The minimum Gasteiger partial charge on any atom is -0.200 e. The summed E-state index contributed by atoms with van der Waals surface area (Å²) < 4.78 is 24.5. The Morgan fingerprint density at radius 3 is 2.50 bits per heavy atom. The highest BCUT2D eigenvalue weighted by molar-refractivity contribution is 7.89. The van der Waals surface area contributed by atoms with Crippen LogP contribution < -0.4 is 4.83 Å². The molecule has 1 aromatic rings. The molecule has 22 heavy (non-hydrogen) atoms. The molecule has 0 spiro atoms. The van der Waals surface area contributed by atoms with Gasteiger partial charge in [-0.25, -0.2) is 0 Å². The summed E-state index contributed by atoms with van der Waals surface area (Å²) in [5.74, 6) is 0.325. The van der Waals surface area contributed by atoms with E-state index in [9.17, 15) is 8.42 Å². The molecule has 118 valence electrons. The van der Waals surface area contributed by atoms with Gasteiger partial charge in [0, 0.05) is 0 Å². The van der Waals surface area contributed by atoms with Crippen LogP contribution in [0.5, 0.6) is 0 Å². The zero-order chi connectivity index (χ0) is 16.3. The van der Waals surface area contributed by atoms with Gasteiger partial charge in [0.1, 0.15) is 0 Å². The van der Waals surface area contributed by atoms with Gasteiger partial charge in [0.15, 0.2) is 0 Å². The second kappa shape index (κ2) is 6.48. The van der Waals surface area contributed by atoms with Crippen molar-refractivity contribution in [2.75, 3.05) is 0 Å². The van der Waals surface area contributed by atoms with Crippen LogP contribution in [-0.4, -0.2) is 14.1 Å². The van der Waals surface area contributed by atoms with Crippen molar-refractivity contribution in [3.05, 3.63) is 53.6 Å². The summed E-state index contributed by atoms with van der Waals surface area (Å²) in [5.41, 5.74) is 3.90. The molecule has 0 aliphatic heterocycles. The molecular weight excluding hydrogens is 296 g/mol. The molecule has 1 aromatic carbocycles. The van der Waals surface area contributed by atoms with Crippen molar-refractivity contribution >= 4 is 15.7 Å². The number of nitrogens with zero attached hydrogens (tertiary/aromatic N) is 1. The summed E-state index contributed by atoms with van der Waals surface area (Å²) in [6, 6.07) is 6.70. The lowest BCUT2D eigenvalue weighted by Crippen LogP contribution is -2.23. The number of nitrogens with one attached hydrogen (secondary N) is 1. The predicted octanol–water partition coefficient (Wildman–Crippen LogP) is 3.56. The number of allylic oxidation sites excluding steroid dienone is 3. The van der Waals surface area contributed by atoms with Crippen molar-refractivity contribution in [3.63, 3.8) is 0 Å². The molecule has 0 amide bonds. The number of rotatable bonds is 4. The third kappa shape index (κ3) is 3.85. The van der Waals surface area contributed by atoms with Crippen LogP contribution in [0.25, 0.3) is 0 Å². The first-order chi connectivity index (χ1) is 10.3. The number of benzene rings is 1. The van der Waals surface area contributed by atoms with E-state index in [4.69, 9.17) is 0 Å². The number of hydrazone groups is 1. The quantitative estimate of drug-likeness (QED) is 0.681. The number of hydrogen-bond acceptors (Lipinski definition) is 3. The SMILES string of the molecule is C=C(C)[C@H]1CC=C(C)/C(=N\NS(=O)(=O)c2ccc(C)cc2)C1. The van der Waals surface area contributed by atoms with Crippen LogP contribution in [-0.2, 0) is 10.0 Å². The fraction of sp³-hybridized carbons (Fsp3) is 0.353. The van der Waals surface area contributed by atoms with E-state index < -0.39 is 10.0 Å². The van der Waals surface area contributed by atoms with Crippen molar-refractivity contribution in [2.45, 2.75) is 38.5 Å². The average Bonchev–Trinajstić information content (AvgIpc) is 2.46. The Hall–Kier alpha value is -1.88. The van der Waals surface area contributed by atoms with Crippen LogP contribution >= 0.6 is 0 Å². The monoisotopic (exact) mass is 318 g/mol. The Bertz CT molecular complexity index is 728. The van der Waals surface area contributed by atoms with E-state index in [1.165, 1.54) is 0 Å². The zero-order valence-corrected chi connectivity index (χ0v) is 14.1. The van der Waals surface area contributed by atoms with Crippen molar-refractivity contribution < 1.29 is 8.42 Å². The average molecular weight is 318 g/mol. The highest BCUT2D eigenvalue weighted by atomic mass is 32.2. The van der Waals surface area contributed by atoms with Gasteiger partial charge >= 0.3 is 0 Å². The minimum atomic E-state index is -3.62. The lowest BCUT2D eigenvalue weighted by atomic mass is 9.85. The van der Waals surface area contributed by atoms with Gasteiger partial charge in [0.05, 0.1) is 10.6 Å². The fourth-order valence-electron chi connectivity index (χ4n) is 2.31. The van der Waals surface area contributed by atoms with Crippen molar-refractivity contribution in [1.82, 2.24) is 4.83 Å². The smallest absolute Gasteiger partial charge is 0.200 e. The van der Waals surface area contributed by atoms with Crippen LogP contribution in [0.3, 0.4) is 0 Å². The third-order valence-corrected chi connectivity index (χ3v) is 5.16. The van der Waals surface area contributed by atoms with Gasteiger partial charge in [-0.1, -0.05) is 35.9 Å². The Balaban J connectivity index is 2.19. The van der Waals surface area contributed by atoms with E-state index in [1.807, 2.05) is 20.8 Å². The van der Waals surface area contributed by atoms with Crippen LogP contribution in [0, 0.1) is 12.8 Å². The first-order valence-electron chi connectivity index (χ1n) is 7.27. The lowest BCUT2D eigenvalue weighted by Gasteiger charge is -2.22.